The number of ether oxygens (including phenoxy) is 1. The third kappa shape index (κ3) is 5.58. The number of anilines is 1. The molecule has 0 aliphatic rings. The number of urea groups is 1. The summed E-state index contributed by atoms with van der Waals surface area (Å²) in [5.74, 6) is -0.825. The van der Waals surface area contributed by atoms with E-state index in [1.54, 1.807) is 6.07 Å². The van der Waals surface area contributed by atoms with E-state index in [1.165, 1.54) is 36.5 Å². The molecule has 0 bridgehead atoms. The summed E-state index contributed by atoms with van der Waals surface area (Å²) in [6.07, 6.45) is 3.96. The van der Waals surface area contributed by atoms with E-state index in [2.05, 4.69) is 22.0 Å². The number of halogens is 1. The molecule has 7 nitrogen and oxygen atoms in total. The van der Waals surface area contributed by atoms with Crippen molar-refractivity contribution >= 4 is 17.7 Å². The number of rotatable bonds is 8. The van der Waals surface area contributed by atoms with E-state index in [0.29, 0.717) is 12.2 Å². The number of nitrogens with one attached hydrogen (secondary N) is 1. The smallest absolute Gasteiger partial charge is 0.360 e. The first-order valence-corrected chi connectivity index (χ1v) is 8.37. The van der Waals surface area contributed by atoms with Gasteiger partial charge >= 0.3 is 12.0 Å². The van der Waals surface area contributed by atoms with Gasteiger partial charge < -0.3 is 19.4 Å². The van der Waals surface area contributed by atoms with Crippen molar-refractivity contribution in [3.63, 3.8) is 0 Å². The van der Waals surface area contributed by atoms with Gasteiger partial charge in [-0.25, -0.2) is 19.0 Å². The molecule has 0 unspecified atom stereocenters. The lowest BCUT2D eigenvalue weighted by Crippen LogP contribution is -2.35. The minimum Gasteiger partial charge on any atom is -0.464 e. The molecule has 0 atom stereocenters. The standard InChI is InChI=1S/C18H22FN3O4/c1-3-4-5-9-22(11-16-21-15(12-26-16)17(23)25-2)18(24)20-14-8-6-7-13(19)10-14/h6-8,10,12H,3-5,9,11H2,1-2H3,(H,20,24). The highest BCUT2D eigenvalue weighted by Crippen LogP contribution is 2.13. The van der Waals surface area contributed by atoms with Gasteiger partial charge in [0, 0.05) is 12.2 Å². The molecule has 1 heterocycles. The van der Waals surface area contributed by atoms with Gasteiger partial charge in [-0.3, -0.25) is 0 Å². The van der Waals surface area contributed by atoms with Gasteiger partial charge in [0.1, 0.15) is 12.1 Å². The molecule has 0 saturated heterocycles. The molecular weight excluding hydrogens is 341 g/mol. The SMILES string of the molecule is CCCCCN(Cc1nc(C(=O)OC)co1)C(=O)Nc1cccc(F)c1. The maximum atomic E-state index is 13.3. The lowest BCUT2D eigenvalue weighted by atomic mass is 10.2. The zero-order valence-electron chi connectivity index (χ0n) is 14.8. The van der Waals surface area contributed by atoms with Crippen molar-refractivity contribution in [2.24, 2.45) is 0 Å². The van der Waals surface area contributed by atoms with Crippen LogP contribution in [0.2, 0.25) is 0 Å². The summed E-state index contributed by atoms with van der Waals surface area (Å²) >= 11 is 0. The van der Waals surface area contributed by atoms with Crippen molar-refractivity contribution < 1.29 is 23.1 Å². The van der Waals surface area contributed by atoms with E-state index in [-0.39, 0.29) is 18.1 Å². The highest BCUT2D eigenvalue weighted by Gasteiger charge is 2.19. The Morgan fingerprint density at radius 2 is 2.15 bits per heavy atom. The third-order valence-electron chi connectivity index (χ3n) is 3.67. The molecule has 0 fully saturated rings. The number of hydrogen-bond acceptors (Lipinski definition) is 5. The van der Waals surface area contributed by atoms with E-state index in [4.69, 9.17) is 4.42 Å². The predicted molar refractivity (Wildman–Crippen MR) is 93.2 cm³/mol. The molecule has 1 aromatic carbocycles. The summed E-state index contributed by atoms with van der Waals surface area (Å²) in [5.41, 5.74) is 0.402. The molecule has 0 aliphatic heterocycles. The fourth-order valence-electron chi connectivity index (χ4n) is 2.32. The molecule has 2 aromatic rings. The number of esters is 1. The summed E-state index contributed by atoms with van der Waals surface area (Å²) in [6.45, 7) is 2.63. The van der Waals surface area contributed by atoms with Crippen LogP contribution in [-0.2, 0) is 11.3 Å². The lowest BCUT2D eigenvalue weighted by Gasteiger charge is -2.21. The average Bonchev–Trinajstić information content (AvgIpc) is 3.09. The summed E-state index contributed by atoms with van der Waals surface area (Å²) in [4.78, 5) is 29.5. The summed E-state index contributed by atoms with van der Waals surface area (Å²) in [6, 6.07) is 5.26. The number of aromatic nitrogens is 1. The molecule has 0 saturated carbocycles. The number of carbonyl (C=O) groups excluding carboxylic acids is 2. The number of unbranched alkanes of at least 4 members (excludes halogenated alkanes) is 2. The zero-order chi connectivity index (χ0) is 18.9. The summed E-state index contributed by atoms with van der Waals surface area (Å²) in [7, 11) is 1.25. The van der Waals surface area contributed by atoms with Crippen LogP contribution in [0.15, 0.2) is 34.9 Å². The van der Waals surface area contributed by atoms with Gasteiger partial charge in [-0.2, -0.15) is 0 Å². The van der Waals surface area contributed by atoms with Crippen LogP contribution in [0.5, 0.6) is 0 Å². The first-order valence-electron chi connectivity index (χ1n) is 8.37. The number of hydrogen-bond donors (Lipinski definition) is 1. The van der Waals surface area contributed by atoms with E-state index in [0.717, 1.165) is 19.3 Å². The summed E-state index contributed by atoms with van der Waals surface area (Å²) < 4.78 is 23.1. The highest BCUT2D eigenvalue weighted by molar-refractivity contribution is 5.89. The molecule has 0 radical (unpaired) electrons. The fraction of sp³-hybridized carbons (Fsp3) is 0.389. The highest BCUT2D eigenvalue weighted by atomic mass is 19.1. The van der Waals surface area contributed by atoms with Gasteiger partial charge in [0.05, 0.1) is 13.7 Å². The van der Waals surface area contributed by atoms with Crippen LogP contribution in [0, 0.1) is 5.82 Å². The first-order chi connectivity index (χ1) is 12.5. The molecule has 26 heavy (non-hydrogen) atoms. The second-order valence-electron chi connectivity index (χ2n) is 5.69. The maximum Gasteiger partial charge on any atom is 0.360 e. The number of carbonyl (C=O) groups is 2. The van der Waals surface area contributed by atoms with E-state index < -0.39 is 17.8 Å². The largest absolute Gasteiger partial charge is 0.464 e. The molecule has 0 aliphatic carbocycles. The predicted octanol–water partition coefficient (Wildman–Crippen LogP) is 3.82. The fourth-order valence-corrected chi connectivity index (χ4v) is 2.32. The van der Waals surface area contributed by atoms with Gasteiger partial charge in [0.2, 0.25) is 5.89 Å². The van der Waals surface area contributed by atoms with E-state index in [1.807, 2.05) is 0 Å². The Labute approximate surface area is 151 Å². The first kappa shape index (κ1) is 19.4. The van der Waals surface area contributed by atoms with Crippen LogP contribution >= 0.6 is 0 Å². The van der Waals surface area contributed by atoms with Crippen LogP contribution < -0.4 is 5.32 Å². The maximum absolute atomic E-state index is 13.3. The number of amides is 2. The Balaban J connectivity index is 2.07. The van der Waals surface area contributed by atoms with Crippen molar-refractivity contribution in [1.82, 2.24) is 9.88 Å². The van der Waals surface area contributed by atoms with Crippen molar-refractivity contribution in [1.29, 1.82) is 0 Å². The Hall–Kier alpha value is -2.90. The van der Waals surface area contributed by atoms with Crippen LogP contribution in [0.3, 0.4) is 0 Å². The molecule has 1 aromatic heterocycles. The number of oxazole rings is 1. The van der Waals surface area contributed by atoms with E-state index >= 15 is 0 Å². The lowest BCUT2D eigenvalue weighted by molar-refractivity contribution is 0.0594. The molecule has 0 spiro atoms. The molecule has 140 valence electrons. The molecule has 1 N–H and O–H groups in total. The Morgan fingerprint density at radius 3 is 2.85 bits per heavy atom. The van der Waals surface area contributed by atoms with Gasteiger partial charge in [-0.1, -0.05) is 25.8 Å². The molecular formula is C18H22FN3O4. The van der Waals surface area contributed by atoms with E-state index in [9.17, 15) is 14.0 Å². The van der Waals surface area contributed by atoms with Crippen LogP contribution in [0.25, 0.3) is 0 Å². The van der Waals surface area contributed by atoms with Crippen LogP contribution in [-0.4, -0.2) is 35.5 Å². The Kier molecular flexibility index (Phi) is 7.13. The summed E-state index contributed by atoms with van der Waals surface area (Å²) in [5, 5.41) is 2.66. The normalized spacial score (nSPS) is 10.4. The molecule has 2 rings (SSSR count). The molecule has 8 heteroatoms. The van der Waals surface area contributed by atoms with Gasteiger partial charge in [0.25, 0.3) is 0 Å². The van der Waals surface area contributed by atoms with Crippen LogP contribution in [0.1, 0.15) is 42.6 Å². The van der Waals surface area contributed by atoms with Crippen LogP contribution in [0.4, 0.5) is 14.9 Å². The second-order valence-corrected chi connectivity index (χ2v) is 5.69. The average molecular weight is 363 g/mol. The Morgan fingerprint density at radius 1 is 1.35 bits per heavy atom. The van der Waals surface area contributed by atoms with Gasteiger partial charge in [-0.15, -0.1) is 0 Å². The van der Waals surface area contributed by atoms with Crippen molar-refractivity contribution in [2.45, 2.75) is 32.7 Å². The topological polar surface area (TPSA) is 84.7 Å². The monoisotopic (exact) mass is 363 g/mol. The van der Waals surface area contributed by atoms with Crippen molar-refractivity contribution in [2.75, 3.05) is 19.0 Å². The number of methoxy groups -OCH3 is 1. The number of nitrogens with zero attached hydrogens (tertiary/aromatic N) is 2. The zero-order valence-corrected chi connectivity index (χ0v) is 14.8. The quantitative estimate of drug-likeness (QED) is 0.569. The Bertz CT molecular complexity index is 748. The minimum absolute atomic E-state index is 0.0431. The van der Waals surface area contributed by atoms with Crippen molar-refractivity contribution in [3.05, 3.63) is 47.9 Å². The van der Waals surface area contributed by atoms with Gasteiger partial charge in [-0.05, 0) is 24.6 Å². The minimum atomic E-state index is -0.609. The molecule has 2 amide bonds. The second kappa shape index (κ2) is 9.55. The number of benzene rings is 1. The van der Waals surface area contributed by atoms with Crippen molar-refractivity contribution in [3.8, 4) is 0 Å². The van der Waals surface area contributed by atoms with Gasteiger partial charge in [0.15, 0.2) is 5.69 Å². The third-order valence-corrected chi connectivity index (χ3v) is 3.67.